The number of primary sulfonamides is 1. The molecule has 0 aliphatic heterocycles. The van der Waals surface area contributed by atoms with Crippen molar-refractivity contribution >= 4 is 50.2 Å². The molecule has 1 aromatic heterocycles. The van der Waals surface area contributed by atoms with E-state index in [4.69, 9.17) is 33.1 Å². The van der Waals surface area contributed by atoms with Crippen LogP contribution in [0.25, 0.3) is 11.3 Å². The van der Waals surface area contributed by atoms with Crippen LogP contribution < -0.4 is 14.7 Å². The van der Waals surface area contributed by atoms with Crippen molar-refractivity contribution in [3.05, 3.63) is 56.6 Å². The molecule has 2 aromatic carbocycles. The van der Waals surface area contributed by atoms with Gasteiger partial charge in [0.15, 0.2) is 4.80 Å². The summed E-state index contributed by atoms with van der Waals surface area (Å²) >= 11 is 13.3. The van der Waals surface area contributed by atoms with Crippen molar-refractivity contribution in [2.75, 3.05) is 7.11 Å². The topological polar surface area (TPSA) is 86.7 Å². The van der Waals surface area contributed by atoms with Crippen LogP contribution in [0.5, 0.6) is 5.75 Å². The minimum absolute atomic E-state index is 0.0787. The Hall–Kier alpha value is -1.84. The predicted molar refractivity (Wildman–Crippen MR) is 108 cm³/mol. The van der Waals surface area contributed by atoms with Crippen molar-refractivity contribution < 1.29 is 13.2 Å². The number of sulfonamides is 1. The molecule has 2 N–H and O–H groups in total. The van der Waals surface area contributed by atoms with Gasteiger partial charge in [0.1, 0.15) is 16.3 Å². The van der Waals surface area contributed by atoms with Crippen molar-refractivity contribution in [1.82, 2.24) is 4.57 Å². The van der Waals surface area contributed by atoms with E-state index in [-0.39, 0.29) is 9.92 Å². The molecule has 0 aliphatic rings. The predicted octanol–water partition coefficient (Wildman–Crippen LogP) is 3.95. The number of halogens is 2. The molecule has 27 heavy (non-hydrogen) atoms. The summed E-state index contributed by atoms with van der Waals surface area (Å²) in [5.41, 5.74) is 2.06. The summed E-state index contributed by atoms with van der Waals surface area (Å²) < 4.78 is 30.6. The number of thiazole rings is 1. The minimum Gasteiger partial charge on any atom is -0.494 e. The summed E-state index contributed by atoms with van der Waals surface area (Å²) in [4.78, 5) is 5.19. The molecule has 0 aliphatic carbocycles. The summed E-state index contributed by atoms with van der Waals surface area (Å²) in [7, 11) is -0.542. The molecule has 0 saturated carbocycles. The molecule has 0 bridgehead atoms. The Labute approximate surface area is 170 Å². The van der Waals surface area contributed by atoms with Crippen LogP contribution in [0.3, 0.4) is 0 Å². The average molecular weight is 444 g/mol. The quantitative estimate of drug-likeness (QED) is 0.661. The van der Waals surface area contributed by atoms with Gasteiger partial charge in [0.25, 0.3) is 0 Å². The summed E-state index contributed by atoms with van der Waals surface area (Å²) in [5.74, 6) is 0.556. The lowest BCUT2D eigenvalue weighted by Crippen LogP contribution is -2.14. The van der Waals surface area contributed by atoms with E-state index in [2.05, 4.69) is 4.99 Å². The van der Waals surface area contributed by atoms with Crippen LogP contribution in [0.15, 0.2) is 51.7 Å². The van der Waals surface area contributed by atoms with E-state index in [1.807, 2.05) is 17.0 Å². The third-order valence-electron chi connectivity index (χ3n) is 3.82. The van der Waals surface area contributed by atoms with Gasteiger partial charge in [-0.15, -0.1) is 11.3 Å². The van der Waals surface area contributed by atoms with Crippen LogP contribution in [0.2, 0.25) is 10.0 Å². The largest absolute Gasteiger partial charge is 0.494 e. The molecular weight excluding hydrogens is 429 g/mol. The summed E-state index contributed by atoms with van der Waals surface area (Å²) in [6, 6.07) is 9.87. The molecule has 0 atom stereocenters. The second-order valence-corrected chi connectivity index (χ2v) is 8.79. The summed E-state index contributed by atoms with van der Waals surface area (Å²) in [6.07, 6.45) is 0. The molecular formula is C17H15Cl2N3O3S2. The number of rotatable bonds is 4. The Kier molecular flexibility index (Phi) is 5.64. The van der Waals surface area contributed by atoms with Crippen LogP contribution in [-0.4, -0.2) is 20.1 Å². The number of aromatic nitrogens is 1. The zero-order valence-corrected chi connectivity index (χ0v) is 17.5. The Morgan fingerprint density at radius 2 is 1.93 bits per heavy atom. The fraction of sp³-hybridized carbons (Fsp3) is 0.118. The highest BCUT2D eigenvalue weighted by Crippen LogP contribution is 2.31. The average Bonchev–Trinajstić information content (AvgIpc) is 2.96. The van der Waals surface area contributed by atoms with Gasteiger partial charge in [-0.2, -0.15) is 0 Å². The third kappa shape index (κ3) is 4.20. The van der Waals surface area contributed by atoms with Gasteiger partial charge in [-0.1, -0.05) is 29.3 Å². The molecule has 10 heteroatoms. The number of nitrogens with two attached hydrogens (primary N) is 1. The standard InChI is InChI=1S/C17H15Cl2N3O3S2/c1-22-14(10-3-5-12(19)16(7-10)27(20,23)24)9-26-17(22)21-13-6-4-11(18)8-15(13)25-2/h3-9H,1-2H3,(H2,20,23,24). The van der Waals surface area contributed by atoms with E-state index >= 15 is 0 Å². The molecule has 1 heterocycles. The fourth-order valence-corrected chi connectivity index (χ4v) is 4.61. The number of ether oxygens (including phenoxy) is 1. The molecule has 3 aromatic rings. The normalized spacial score (nSPS) is 12.4. The lowest BCUT2D eigenvalue weighted by Gasteiger charge is -2.07. The molecule has 0 amide bonds. The number of nitrogens with zero attached hydrogens (tertiary/aromatic N) is 2. The molecule has 0 saturated heterocycles. The van der Waals surface area contributed by atoms with E-state index in [1.54, 1.807) is 31.4 Å². The van der Waals surface area contributed by atoms with Gasteiger partial charge in [0.2, 0.25) is 10.0 Å². The SMILES string of the molecule is COc1cc(Cl)ccc1N=c1scc(-c2ccc(Cl)c(S(N)(=O)=O)c2)n1C. The maximum atomic E-state index is 11.7. The first kappa shape index (κ1) is 19.9. The third-order valence-corrected chi connectivity index (χ3v) is 6.36. The first-order valence-electron chi connectivity index (χ1n) is 7.56. The fourth-order valence-electron chi connectivity index (χ4n) is 2.46. The highest BCUT2D eigenvalue weighted by atomic mass is 35.5. The Balaban J connectivity index is 2.12. The van der Waals surface area contributed by atoms with Crippen molar-refractivity contribution in [3.8, 4) is 17.0 Å². The number of hydrogen-bond acceptors (Lipinski definition) is 5. The smallest absolute Gasteiger partial charge is 0.239 e. The van der Waals surface area contributed by atoms with E-state index < -0.39 is 10.0 Å². The van der Waals surface area contributed by atoms with Gasteiger partial charge >= 0.3 is 0 Å². The number of benzene rings is 2. The van der Waals surface area contributed by atoms with Gasteiger partial charge in [-0.25, -0.2) is 18.5 Å². The minimum atomic E-state index is -3.92. The van der Waals surface area contributed by atoms with Gasteiger partial charge in [-0.05, 0) is 24.3 Å². The maximum absolute atomic E-state index is 11.7. The molecule has 142 valence electrons. The summed E-state index contributed by atoms with van der Waals surface area (Å²) in [6.45, 7) is 0. The van der Waals surface area contributed by atoms with Gasteiger partial charge < -0.3 is 9.30 Å². The summed E-state index contributed by atoms with van der Waals surface area (Å²) in [5, 5.41) is 7.74. The molecule has 0 fully saturated rings. The molecule has 0 radical (unpaired) electrons. The Morgan fingerprint density at radius 3 is 2.59 bits per heavy atom. The molecule has 6 nitrogen and oxygen atoms in total. The lowest BCUT2D eigenvalue weighted by molar-refractivity contribution is 0.416. The van der Waals surface area contributed by atoms with Gasteiger partial charge in [0, 0.05) is 29.1 Å². The first-order valence-corrected chi connectivity index (χ1v) is 10.7. The zero-order chi connectivity index (χ0) is 19.8. The van der Waals surface area contributed by atoms with Crippen LogP contribution in [0.1, 0.15) is 0 Å². The van der Waals surface area contributed by atoms with E-state index in [0.717, 1.165) is 5.69 Å². The Morgan fingerprint density at radius 1 is 1.19 bits per heavy atom. The van der Waals surface area contributed by atoms with Crippen LogP contribution in [0, 0.1) is 0 Å². The van der Waals surface area contributed by atoms with Crippen molar-refractivity contribution in [2.24, 2.45) is 17.2 Å². The lowest BCUT2D eigenvalue weighted by atomic mass is 10.2. The van der Waals surface area contributed by atoms with Gasteiger partial charge in [0.05, 0.1) is 17.8 Å². The molecule has 0 spiro atoms. The zero-order valence-electron chi connectivity index (χ0n) is 14.3. The monoisotopic (exact) mass is 443 g/mol. The molecule has 0 unspecified atom stereocenters. The highest BCUT2D eigenvalue weighted by Gasteiger charge is 2.15. The number of methoxy groups -OCH3 is 1. The number of hydrogen-bond donors (Lipinski definition) is 1. The van der Waals surface area contributed by atoms with Crippen molar-refractivity contribution in [3.63, 3.8) is 0 Å². The van der Waals surface area contributed by atoms with Crippen LogP contribution in [0.4, 0.5) is 5.69 Å². The van der Waals surface area contributed by atoms with E-state index in [0.29, 0.717) is 26.8 Å². The second-order valence-electron chi connectivity index (χ2n) is 5.58. The van der Waals surface area contributed by atoms with E-state index in [1.165, 1.54) is 23.5 Å². The van der Waals surface area contributed by atoms with Crippen LogP contribution in [-0.2, 0) is 17.1 Å². The van der Waals surface area contributed by atoms with E-state index in [9.17, 15) is 8.42 Å². The Bertz CT molecular complexity index is 1180. The first-order chi connectivity index (χ1) is 12.7. The molecule has 3 rings (SSSR count). The highest BCUT2D eigenvalue weighted by molar-refractivity contribution is 7.89. The van der Waals surface area contributed by atoms with Crippen molar-refractivity contribution in [2.45, 2.75) is 4.90 Å². The van der Waals surface area contributed by atoms with Gasteiger partial charge in [-0.3, -0.25) is 0 Å². The van der Waals surface area contributed by atoms with Crippen molar-refractivity contribution in [1.29, 1.82) is 0 Å². The maximum Gasteiger partial charge on any atom is 0.239 e. The second kappa shape index (κ2) is 7.65. The van der Waals surface area contributed by atoms with Crippen LogP contribution >= 0.6 is 34.5 Å².